The number of carbonyl (C=O) groups excluding carboxylic acids is 2. The number of ether oxygens (including phenoxy) is 2. The van der Waals surface area contributed by atoms with Crippen LogP contribution in [0.15, 0.2) is 54.9 Å². The summed E-state index contributed by atoms with van der Waals surface area (Å²) in [5, 5.41) is 5.75. The lowest BCUT2D eigenvalue weighted by molar-refractivity contribution is 0.101. The summed E-state index contributed by atoms with van der Waals surface area (Å²) in [6.07, 6.45) is 2.83. The van der Waals surface area contributed by atoms with Crippen LogP contribution in [-0.4, -0.2) is 48.2 Å². The van der Waals surface area contributed by atoms with Crippen LogP contribution in [0.4, 0.5) is 15.9 Å². The highest BCUT2D eigenvalue weighted by Crippen LogP contribution is 2.28. The van der Waals surface area contributed by atoms with Gasteiger partial charge in [0.05, 0.1) is 22.9 Å². The minimum Gasteiger partial charge on any atom is -0.492 e. The van der Waals surface area contributed by atoms with Gasteiger partial charge < -0.3 is 25.8 Å². The van der Waals surface area contributed by atoms with Gasteiger partial charge >= 0.3 is 0 Å². The Morgan fingerprint density at radius 2 is 1.89 bits per heavy atom. The second kappa shape index (κ2) is 12.3. The molecule has 0 radical (unpaired) electrons. The molecule has 9 nitrogen and oxygen atoms in total. The summed E-state index contributed by atoms with van der Waals surface area (Å²) >= 11 is 5.83. The van der Waals surface area contributed by atoms with Crippen LogP contribution in [0.3, 0.4) is 0 Å². The van der Waals surface area contributed by atoms with E-state index >= 15 is 0 Å². The molecule has 2 amide bonds. The molecule has 0 atom stereocenters. The lowest BCUT2D eigenvalue weighted by Gasteiger charge is -2.23. The molecule has 3 rings (SSSR count). The molecule has 3 aromatic rings. The number of carbonyl (C=O) groups is 2. The zero-order chi connectivity index (χ0) is 26.1. The normalized spacial score (nSPS) is 11.0. The molecule has 0 fully saturated rings. The summed E-state index contributed by atoms with van der Waals surface area (Å²) in [5.41, 5.74) is 5.79. The monoisotopic (exact) mass is 515 g/mol. The summed E-state index contributed by atoms with van der Waals surface area (Å²) < 4.78 is 23.8. The van der Waals surface area contributed by atoms with E-state index in [4.69, 9.17) is 26.8 Å². The summed E-state index contributed by atoms with van der Waals surface area (Å²) in [6.45, 7) is 3.65. The number of amides is 2. The first-order chi connectivity index (χ1) is 17.2. The van der Waals surface area contributed by atoms with Crippen molar-refractivity contribution in [1.82, 2.24) is 9.97 Å². The number of nitrogens with zero attached hydrogens (tertiary/aromatic N) is 2. The molecule has 2 heterocycles. The van der Waals surface area contributed by atoms with E-state index < -0.39 is 18.5 Å². The van der Waals surface area contributed by atoms with Crippen molar-refractivity contribution >= 4 is 34.9 Å². The fourth-order valence-electron chi connectivity index (χ4n) is 2.89. The van der Waals surface area contributed by atoms with E-state index in [1.165, 1.54) is 30.6 Å². The number of aromatic nitrogens is 2. The minimum absolute atomic E-state index is 0.0165. The van der Waals surface area contributed by atoms with Crippen molar-refractivity contribution in [2.45, 2.75) is 13.8 Å². The van der Waals surface area contributed by atoms with Crippen LogP contribution in [0, 0.1) is 5.41 Å². The molecule has 0 aliphatic carbocycles. The lowest BCUT2D eigenvalue weighted by atomic mass is 9.95. The minimum atomic E-state index is -0.657. The van der Waals surface area contributed by atoms with Crippen molar-refractivity contribution in [3.8, 4) is 11.5 Å². The number of hydrogen-bond acceptors (Lipinski definition) is 7. The van der Waals surface area contributed by atoms with E-state index in [1.54, 1.807) is 24.3 Å². The average molecular weight is 516 g/mol. The van der Waals surface area contributed by atoms with Gasteiger partial charge in [-0.1, -0.05) is 25.4 Å². The zero-order valence-corrected chi connectivity index (χ0v) is 20.6. The Balaban J connectivity index is 1.84. The van der Waals surface area contributed by atoms with E-state index in [0.29, 0.717) is 17.3 Å². The lowest BCUT2D eigenvalue weighted by Crippen LogP contribution is -2.30. The van der Waals surface area contributed by atoms with Crippen LogP contribution in [-0.2, 0) is 0 Å². The van der Waals surface area contributed by atoms with Crippen LogP contribution in [0.2, 0.25) is 5.02 Å². The van der Waals surface area contributed by atoms with Gasteiger partial charge in [0, 0.05) is 30.4 Å². The van der Waals surface area contributed by atoms with Gasteiger partial charge in [-0.3, -0.25) is 9.59 Å². The first-order valence-corrected chi connectivity index (χ1v) is 11.4. The number of nitrogens with one attached hydrogen (secondary N) is 2. The van der Waals surface area contributed by atoms with E-state index in [0.717, 1.165) is 0 Å². The Morgan fingerprint density at radius 1 is 1.08 bits per heavy atom. The van der Waals surface area contributed by atoms with E-state index in [-0.39, 0.29) is 47.1 Å². The van der Waals surface area contributed by atoms with Crippen molar-refractivity contribution in [3.05, 3.63) is 71.1 Å². The molecule has 2 aromatic heterocycles. The van der Waals surface area contributed by atoms with Gasteiger partial charge in [0.25, 0.3) is 11.8 Å². The van der Waals surface area contributed by atoms with Crippen LogP contribution < -0.4 is 25.8 Å². The highest BCUT2D eigenvalue weighted by Gasteiger charge is 2.22. The Labute approximate surface area is 213 Å². The van der Waals surface area contributed by atoms with Crippen molar-refractivity contribution in [2.75, 3.05) is 37.1 Å². The number of hydrogen-bond donors (Lipinski definition) is 3. The van der Waals surface area contributed by atoms with E-state index in [1.807, 2.05) is 13.8 Å². The van der Waals surface area contributed by atoms with Gasteiger partial charge in [0.1, 0.15) is 30.6 Å². The van der Waals surface area contributed by atoms with Gasteiger partial charge in [-0.15, -0.1) is 0 Å². The maximum Gasteiger partial charge on any atom is 0.277 e. The molecule has 4 N–H and O–H groups in total. The number of nitrogens with two attached hydrogens (primary N) is 1. The molecule has 1 aromatic carbocycles. The summed E-state index contributed by atoms with van der Waals surface area (Å²) in [6, 6.07) is 10.8. The van der Waals surface area contributed by atoms with Gasteiger partial charge in [-0.05, 0) is 36.4 Å². The van der Waals surface area contributed by atoms with Gasteiger partial charge in [0.15, 0.2) is 5.69 Å². The van der Waals surface area contributed by atoms with E-state index in [2.05, 4.69) is 20.6 Å². The highest BCUT2D eigenvalue weighted by molar-refractivity contribution is 6.30. The fourth-order valence-corrected chi connectivity index (χ4v) is 3.00. The predicted octanol–water partition coefficient (Wildman–Crippen LogP) is 4.35. The molecule has 0 aliphatic rings. The Morgan fingerprint density at radius 3 is 2.58 bits per heavy atom. The Bertz CT molecular complexity index is 1210. The highest BCUT2D eigenvalue weighted by atomic mass is 35.5. The maximum atomic E-state index is 13.2. The molecule has 0 saturated heterocycles. The molecule has 0 saturated carbocycles. The Kier molecular flexibility index (Phi) is 9.15. The summed E-state index contributed by atoms with van der Waals surface area (Å²) in [4.78, 5) is 34.2. The fraction of sp³-hybridized carbons (Fsp3) is 0.280. The molecule has 0 bridgehead atoms. The zero-order valence-electron chi connectivity index (χ0n) is 19.9. The molecule has 11 heteroatoms. The second-order valence-corrected chi connectivity index (χ2v) is 8.96. The molecular formula is C25H27ClFN5O4. The number of alkyl halides is 1. The average Bonchev–Trinajstić information content (AvgIpc) is 2.88. The molecule has 0 unspecified atom stereocenters. The van der Waals surface area contributed by atoms with Crippen LogP contribution >= 0.6 is 11.6 Å². The molecular weight excluding hydrogens is 489 g/mol. The predicted molar refractivity (Wildman–Crippen MR) is 136 cm³/mol. The second-order valence-electron chi connectivity index (χ2n) is 8.52. The smallest absolute Gasteiger partial charge is 0.277 e. The largest absolute Gasteiger partial charge is 0.492 e. The third-order valence-electron chi connectivity index (χ3n) is 4.95. The molecule has 36 heavy (non-hydrogen) atoms. The third-order valence-corrected chi connectivity index (χ3v) is 5.18. The number of anilines is 2. The number of pyridine rings is 2. The SMILES string of the molecule is CC(C)(CN)COc1cc(OCCF)ccc1C(=O)Nc1cccnc1C(=O)Nc1ccc(Cl)cn1. The van der Waals surface area contributed by atoms with Crippen LogP contribution in [0.1, 0.15) is 34.7 Å². The third kappa shape index (κ3) is 7.37. The quantitative estimate of drug-likeness (QED) is 0.346. The maximum absolute atomic E-state index is 13.2. The number of benzene rings is 1. The van der Waals surface area contributed by atoms with Crippen molar-refractivity contribution < 1.29 is 23.5 Å². The van der Waals surface area contributed by atoms with Gasteiger partial charge in [0.2, 0.25) is 0 Å². The first-order valence-electron chi connectivity index (χ1n) is 11.1. The first kappa shape index (κ1) is 26.8. The number of halogens is 2. The van der Waals surface area contributed by atoms with Crippen molar-refractivity contribution in [3.63, 3.8) is 0 Å². The van der Waals surface area contributed by atoms with Crippen LogP contribution in [0.5, 0.6) is 11.5 Å². The topological polar surface area (TPSA) is 128 Å². The standard InChI is InChI=1S/C25H27ClFN5O4/c1-25(2,14-28)15-36-20-12-17(35-11-9-27)6-7-18(20)23(33)31-19-4-3-10-29-22(19)24(34)32-21-8-5-16(26)13-30-21/h3-8,10,12-13H,9,11,14-15,28H2,1-2H3,(H,31,33)(H,30,32,34). The summed E-state index contributed by atoms with van der Waals surface area (Å²) in [7, 11) is 0. The Hall–Kier alpha value is -3.76. The van der Waals surface area contributed by atoms with Crippen molar-refractivity contribution in [1.29, 1.82) is 0 Å². The van der Waals surface area contributed by atoms with Crippen LogP contribution in [0.25, 0.3) is 0 Å². The number of rotatable bonds is 11. The molecule has 190 valence electrons. The van der Waals surface area contributed by atoms with Gasteiger partial charge in [-0.2, -0.15) is 0 Å². The molecule has 0 spiro atoms. The molecule has 0 aliphatic heterocycles. The van der Waals surface area contributed by atoms with Crippen molar-refractivity contribution in [2.24, 2.45) is 11.1 Å². The summed E-state index contributed by atoms with van der Waals surface area (Å²) in [5.74, 6) is -0.266. The van der Waals surface area contributed by atoms with E-state index in [9.17, 15) is 14.0 Å². The van der Waals surface area contributed by atoms with Gasteiger partial charge in [-0.25, -0.2) is 14.4 Å².